The normalized spacial score (nSPS) is 39.6. The Morgan fingerprint density at radius 2 is 2.37 bits per heavy atom. The van der Waals surface area contributed by atoms with E-state index < -0.39 is 0 Å². The number of carbonyl (C=O) groups is 1. The van der Waals surface area contributed by atoms with Gasteiger partial charge in [-0.3, -0.25) is 4.79 Å². The minimum Gasteiger partial charge on any atom is -0.375 e. The molecule has 3 fully saturated rings. The molecule has 1 spiro atoms. The minimum atomic E-state index is 0.00884. The highest BCUT2D eigenvalue weighted by atomic mass is 32.2. The first-order valence-electron chi connectivity index (χ1n) is 7.34. The van der Waals surface area contributed by atoms with Gasteiger partial charge in [0.25, 0.3) is 0 Å². The van der Waals surface area contributed by atoms with Crippen LogP contribution in [0.1, 0.15) is 25.7 Å². The summed E-state index contributed by atoms with van der Waals surface area (Å²) in [5.74, 6) is 2.82. The molecular weight excluding hydrogens is 262 g/mol. The summed E-state index contributed by atoms with van der Waals surface area (Å²) in [6, 6.07) is 0. The van der Waals surface area contributed by atoms with Crippen molar-refractivity contribution in [3.05, 3.63) is 0 Å². The molecule has 0 aromatic heterocycles. The predicted octanol–water partition coefficient (Wildman–Crippen LogP) is 1.24. The van der Waals surface area contributed by atoms with Gasteiger partial charge in [0.2, 0.25) is 0 Å². The Balaban J connectivity index is 1.54. The van der Waals surface area contributed by atoms with E-state index in [4.69, 9.17) is 9.47 Å². The topological polar surface area (TPSA) is 47.6 Å². The van der Waals surface area contributed by atoms with Gasteiger partial charge in [0.1, 0.15) is 5.78 Å². The Hall–Kier alpha value is -0.100. The number of ketones is 1. The van der Waals surface area contributed by atoms with E-state index in [0.29, 0.717) is 12.2 Å². The average molecular weight is 285 g/mol. The van der Waals surface area contributed by atoms with Gasteiger partial charge in [0, 0.05) is 37.8 Å². The van der Waals surface area contributed by atoms with Crippen LogP contribution in [0.15, 0.2) is 0 Å². The number of carbonyl (C=O) groups excluding carboxylic acids is 1. The molecule has 0 aromatic carbocycles. The maximum Gasteiger partial charge on any atom is 0.138 e. The summed E-state index contributed by atoms with van der Waals surface area (Å²) in [7, 11) is 0. The van der Waals surface area contributed by atoms with E-state index in [9.17, 15) is 4.79 Å². The van der Waals surface area contributed by atoms with Crippen LogP contribution in [-0.2, 0) is 14.3 Å². The average Bonchev–Trinajstić information content (AvgIpc) is 2.88. The molecule has 3 saturated heterocycles. The van der Waals surface area contributed by atoms with Crippen molar-refractivity contribution in [3.63, 3.8) is 0 Å². The fourth-order valence-electron chi connectivity index (χ4n) is 3.31. The molecule has 0 radical (unpaired) electrons. The molecule has 0 saturated carbocycles. The lowest BCUT2D eigenvalue weighted by Crippen LogP contribution is -2.44. The molecule has 0 amide bonds. The van der Waals surface area contributed by atoms with E-state index in [-0.39, 0.29) is 17.6 Å². The number of morpholine rings is 1. The fourth-order valence-corrected chi connectivity index (χ4v) is 4.69. The molecular formula is C14H23NO3S. The number of hydrogen-bond acceptors (Lipinski definition) is 5. The number of ether oxygens (including phenoxy) is 2. The molecule has 4 nitrogen and oxygen atoms in total. The fraction of sp³-hybridized carbons (Fsp3) is 0.929. The van der Waals surface area contributed by atoms with Gasteiger partial charge in [0.05, 0.1) is 18.3 Å². The maximum absolute atomic E-state index is 12.4. The molecule has 1 N–H and O–H groups in total. The molecule has 3 aliphatic heterocycles. The second-order valence-corrected chi connectivity index (χ2v) is 7.00. The molecule has 0 aromatic rings. The maximum atomic E-state index is 12.4. The third-order valence-corrected chi connectivity index (χ3v) is 5.67. The van der Waals surface area contributed by atoms with Gasteiger partial charge >= 0.3 is 0 Å². The lowest BCUT2D eigenvalue weighted by molar-refractivity contribution is -0.137. The van der Waals surface area contributed by atoms with E-state index >= 15 is 0 Å². The monoisotopic (exact) mass is 285 g/mol. The highest BCUT2D eigenvalue weighted by Crippen LogP contribution is 2.40. The molecule has 0 bridgehead atoms. The van der Waals surface area contributed by atoms with Crippen LogP contribution in [0.5, 0.6) is 0 Å². The van der Waals surface area contributed by atoms with Crippen molar-refractivity contribution < 1.29 is 14.3 Å². The van der Waals surface area contributed by atoms with Gasteiger partial charge in [-0.2, -0.15) is 11.8 Å². The van der Waals surface area contributed by atoms with Crippen LogP contribution < -0.4 is 5.32 Å². The number of Topliss-reactive ketones (excluding diaryl/α,β-unsaturated/α-hetero) is 1. The Bertz CT molecular complexity index is 325. The molecule has 19 heavy (non-hydrogen) atoms. The minimum absolute atomic E-state index is 0.00884. The van der Waals surface area contributed by atoms with Crippen LogP contribution in [0.25, 0.3) is 0 Å². The first-order chi connectivity index (χ1) is 9.27. The van der Waals surface area contributed by atoms with Crippen molar-refractivity contribution >= 4 is 17.5 Å². The molecule has 3 heterocycles. The Labute approximate surface area is 119 Å². The van der Waals surface area contributed by atoms with Crippen molar-refractivity contribution in [2.75, 3.05) is 37.8 Å². The van der Waals surface area contributed by atoms with Crippen molar-refractivity contribution in [3.8, 4) is 0 Å². The predicted molar refractivity (Wildman–Crippen MR) is 75.6 cm³/mol. The summed E-state index contributed by atoms with van der Waals surface area (Å²) in [5, 5.41) is 3.29. The summed E-state index contributed by atoms with van der Waals surface area (Å²) in [4.78, 5) is 12.4. The quantitative estimate of drug-likeness (QED) is 0.845. The zero-order chi connectivity index (χ0) is 13.1. The van der Waals surface area contributed by atoms with Crippen molar-refractivity contribution in [1.29, 1.82) is 0 Å². The van der Waals surface area contributed by atoms with Crippen molar-refractivity contribution in [2.45, 2.75) is 37.4 Å². The van der Waals surface area contributed by atoms with Crippen molar-refractivity contribution in [1.82, 2.24) is 5.32 Å². The summed E-state index contributed by atoms with van der Waals surface area (Å²) in [5.41, 5.74) is 0.00884. The number of rotatable bonds is 3. The van der Waals surface area contributed by atoms with E-state index in [1.807, 2.05) is 11.8 Å². The molecule has 0 aliphatic carbocycles. The van der Waals surface area contributed by atoms with Gasteiger partial charge < -0.3 is 14.8 Å². The van der Waals surface area contributed by atoms with Gasteiger partial charge in [-0.05, 0) is 25.0 Å². The lowest BCUT2D eigenvalue weighted by Gasteiger charge is -2.37. The van der Waals surface area contributed by atoms with Crippen molar-refractivity contribution in [2.24, 2.45) is 5.92 Å². The number of nitrogens with one attached hydrogen (secondary N) is 1. The lowest BCUT2D eigenvalue weighted by atomic mass is 9.81. The summed E-state index contributed by atoms with van der Waals surface area (Å²) in [6.45, 7) is 3.20. The van der Waals surface area contributed by atoms with Crippen LogP contribution in [0, 0.1) is 5.92 Å². The summed E-state index contributed by atoms with van der Waals surface area (Å²) in [6.07, 6.45) is 3.59. The van der Waals surface area contributed by atoms with E-state index in [2.05, 4.69) is 5.32 Å². The first kappa shape index (κ1) is 13.9. The van der Waals surface area contributed by atoms with Gasteiger partial charge in [-0.25, -0.2) is 0 Å². The number of thioether (sulfide) groups is 1. The second kappa shape index (κ2) is 6.12. The molecule has 5 heteroatoms. The third kappa shape index (κ3) is 3.32. The van der Waals surface area contributed by atoms with Gasteiger partial charge in [-0.15, -0.1) is 0 Å². The highest BCUT2D eigenvalue weighted by molar-refractivity contribution is 7.99. The van der Waals surface area contributed by atoms with E-state index in [1.54, 1.807) is 0 Å². The summed E-state index contributed by atoms with van der Waals surface area (Å²) >= 11 is 1.96. The third-order valence-electron chi connectivity index (χ3n) is 4.45. The Morgan fingerprint density at radius 1 is 1.42 bits per heavy atom. The SMILES string of the molecule is O=C(CC1CNCCO1)C1CCOC2(CCSC2)C1. The first-order valence-corrected chi connectivity index (χ1v) is 8.50. The Morgan fingerprint density at radius 3 is 3.11 bits per heavy atom. The van der Waals surface area contributed by atoms with Crippen LogP contribution in [0.3, 0.4) is 0 Å². The molecule has 3 atom stereocenters. The zero-order valence-electron chi connectivity index (χ0n) is 11.4. The van der Waals surface area contributed by atoms with E-state index in [0.717, 1.165) is 51.3 Å². The summed E-state index contributed by atoms with van der Waals surface area (Å²) < 4.78 is 11.6. The molecule has 108 valence electrons. The van der Waals surface area contributed by atoms with E-state index in [1.165, 1.54) is 5.75 Å². The highest BCUT2D eigenvalue weighted by Gasteiger charge is 2.42. The van der Waals surface area contributed by atoms with Gasteiger partial charge in [0.15, 0.2) is 0 Å². The van der Waals surface area contributed by atoms with Gasteiger partial charge in [-0.1, -0.05) is 0 Å². The largest absolute Gasteiger partial charge is 0.375 e. The molecule has 3 rings (SSSR count). The second-order valence-electron chi connectivity index (χ2n) is 5.89. The molecule has 3 unspecified atom stereocenters. The smallest absolute Gasteiger partial charge is 0.138 e. The van der Waals surface area contributed by atoms with Crippen LogP contribution in [-0.4, -0.2) is 55.3 Å². The van der Waals surface area contributed by atoms with Crippen LogP contribution >= 0.6 is 11.8 Å². The number of hydrogen-bond donors (Lipinski definition) is 1. The molecule has 3 aliphatic rings. The Kier molecular flexibility index (Phi) is 4.47. The van der Waals surface area contributed by atoms with Crippen LogP contribution in [0.2, 0.25) is 0 Å². The zero-order valence-corrected chi connectivity index (χ0v) is 12.2. The van der Waals surface area contributed by atoms with Crippen LogP contribution in [0.4, 0.5) is 0 Å². The standard InChI is InChI=1S/C14H23NO3S/c16-13(7-12-9-15-3-5-17-12)11-1-4-18-14(8-11)2-6-19-10-14/h11-12,15H,1-10H2.